The number of hydrogen-bond acceptors (Lipinski definition) is 3. The van der Waals surface area contributed by atoms with E-state index < -0.39 is 0 Å². The third-order valence-electron chi connectivity index (χ3n) is 4.08. The Morgan fingerprint density at radius 1 is 1.25 bits per heavy atom. The van der Waals surface area contributed by atoms with Crippen LogP contribution in [0.5, 0.6) is 0 Å². The van der Waals surface area contributed by atoms with Crippen molar-refractivity contribution in [2.75, 3.05) is 26.8 Å². The van der Waals surface area contributed by atoms with Crippen LogP contribution in [0, 0.1) is 5.92 Å². The summed E-state index contributed by atoms with van der Waals surface area (Å²) < 4.78 is 5.50. The first-order chi connectivity index (χ1) is 9.58. The summed E-state index contributed by atoms with van der Waals surface area (Å²) in [6, 6.07) is 0. The standard InChI is InChI=1S/C16H32N2O2/c1-14(2)13-20-11-7-10-18-15(19)12-16(17-3)8-5-4-6-9-16/h14,17H,4-13H2,1-3H3,(H,18,19). The van der Waals surface area contributed by atoms with Crippen LogP contribution in [0.15, 0.2) is 0 Å². The van der Waals surface area contributed by atoms with Gasteiger partial charge in [-0.15, -0.1) is 0 Å². The Kier molecular flexibility index (Phi) is 8.15. The van der Waals surface area contributed by atoms with Crippen molar-refractivity contribution in [1.82, 2.24) is 10.6 Å². The van der Waals surface area contributed by atoms with Crippen molar-refractivity contribution in [3.05, 3.63) is 0 Å². The van der Waals surface area contributed by atoms with Crippen molar-refractivity contribution in [3.8, 4) is 0 Å². The second kappa shape index (κ2) is 9.35. The van der Waals surface area contributed by atoms with Crippen LogP contribution in [0.2, 0.25) is 0 Å². The van der Waals surface area contributed by atoms with Gasteiger partial charge in [-0.2, -0.15) is 0 Å². The lowest BCUT2D eigenvalue weighted by atomic mass is 9.79. The highest BCUT2D eigenvalue weighted by Gasteiger charge is 2.32. The Balaban J connectivity index is 2.13. The van der Waals surface area contributed by atoms with Gasteiger partial charge in [0.15, 0.2) is 0 Å². The normalized spacial score (nSPS) is 18.2. The molecule has 0 atom stereocenters. The van der Waals surface area contributed by atoms with Crippen molar-refractivity contribution >= 4 is 5.91 Å². The lowest BCUT2D eigenvalue weighted by Crippen LogP contribution is -2.48. The highest BCUT2D eigenvalue weighted by atomic mass is 16.5. The Morgan fingerprint density at radius 2 is 1.95 bits per heavy atom. The van der Waals surface area contributed by atoms with Crippen molar-refractivity contribution in [3.63, 3.8) is 0 Å². The molecule has 0 aliphatic heterocycles. The van der Waals surface area contributed by atoms with Crippen molar-refractivity contribution in [2.45, 2.75) is 64.3 Å². The minimum absolute atomic E-state index is 0.0382. The molecule has 2 N–H and O–H groups in total. The average molecular weight is 284 g/mol. The number of carbonyl (C=O) groups is 1. The number of carbonyl (C=O) groups excluding carboxylic acids is 1. The minimum Gasteiger partial charge on any atom is -0.381 e. The highest BCUT2D eigenvalue weighted by Crippen LogP contribution is 2.30. The van der Waals surface area contributed by atoms with E-state index in [-0.39, 0.29) is 11.4 Å². The summed E-state index contributed by atoms with van der Waals surface area (Å²) in [6.45, 7) is 6.54. The molecule has 1 aliphatic carbocycles. The summed E-state index contributed by atoms with van der Waals surface area (Å²) in [7, 11) is 1.98. The summed E-state index contributed by atoms with van der Waals surface area (Å²) >= 11 is 0. The largest absolute Gasteiger partial charge is 0.381 e. The molecule has 118 valence electrons. The van der Waals surface area contributed by atoms with Gasteiger partial charge in [0.25, 0.3) is 0 Å². The predicted octanol–water partition coefficient (Wildman–Crippen LogP) is 2.48. The molecule has 0 aromatic rings. The second-order valence-electron chi connectivity index (χ2n) is 6.44. The fraction of sp³-hybridized carbons (Fsp3) is 0.938. The van der Waals surface area contributed by atoms with Crippen LogP contribution >= 0.6 is 0 Å². The zero-order valence-corrected chi connectivity index (χ0v) is 13.5. The van der Waals surface area contributed by atoms with Gasteiger partial charge in [-0.25, -0.2) is 0 Å². The topological polar surface area (TPSA) is 50.4 Å². The fourth-order valence-corrected chi connectivity index (χ4v) is 2.83. The zero-order chi connectivity index (χ0) is 14.8. The van der Waals surface area contributed by atoms with Crippen LogP contribution in [0.3, 0.4) is 0 Å². The van der Waals surface area contributed by atoms with Gasteiger partial charge in [-0.05, 0) is 32.2 Å². The number of amides is 1. The Hall–Kier alpha value is -0.610. The molecule has 1 saturated carbocycles. The molecular formula is C16H32N2O2. The van der Waals surface area contributed by atoms with Crippen LogP contribution < -0.4 is 10.6 Å². The first-order valence-electron chi connectivity index (χ1n) is 8.11. The van der Waals surface area contributed by atoms with Gasteiger partial charge >= 0.3 is 0 Å². The SMILES string of the molecule is CNC1(CC(=O)NCCCOCC(C)C)CCCCC1. The zero-order valence-electron chi connectivity index (χ0n) is 13.5. The van der Waals surface area contributed by atoms with Crippen LogP contribution in [0.25, 0.3) is 0 Å². The van der Waals surface area contributed by atoms with E-state index in [9.17, 15) is 4.79 Å². The Morgan fingerprint density at radius 3 is 2.55 bits per heavy atom. The van der Waals surface area contributed by atoms with Gasteiger partial charge < -0.3 is 15.4 Å². The molecule has 0 heterocycles. The van der Waals surface area contributed by atoms with Crippen LogP contribution in [-0.2, 0) is 9.53 Å². The van der Waals surface area contributed by atoms with Crippen molar-refractivity contribution < 1.29 is 9.53 Å². The first kappa shape index (κ1) is 17.4. The minimum atomic E-state index is 0.0382. The van der Waals surface area contributed by atoms with E-state index in [1.165, 1.54) is 19.3 Å². The van der Waals surface area contributed by atoms with E-state index in [1.807, 2.05) is 7.05 Å². The molecule has 0 unspecified atom stereocenters. The average Bonchev–Trinajstić information content (AvgIpc) is 2.43. The number of nitrogens with one attached hydrogen (secondary N) is 2. The van der Waals surface area contributed by atoms with E-state index in [1.54, 1.807) is 0 Å². The van der Waals surface area contributed by atoms with Crippen LogP contribution in [0.1, 0.15) is 58.8 Å². The van der Waals surface area contributed by atoms with E-state index in [0.29, 0.717) is 12.3 Å². The predicted molar refractivity (Wildman–Crippen MR) is 82.8 cm³/mol. The maximum absolute atomic E-state index is 12.0. The molecule has 0 aromatic heterocycles. The molecule has 1 aliphatic rings. The molecule has 0 saturated heterocycles. The van der Waals surface area contributed by atoms with E-state index in [4.69, 9.17) is 4.74 Å². The number of ether oxygens (including phenoxy) is 1. The molecule has 1 fully saturated rings. The summed E-state index contributed by atoms with van der Waals surface area (Å²) in [5.74, 6) is 0.747. The van der Waals surface area contributed by atoms with Gasteiger partial charge in [0, 0.05) is 31.7 Å². The summed E-state index contributed by atoms with van der Waals surface area (Å²) in [4.78, 5) is 12.0. The lowest BCUT2D eigenvalue weighted by molar-refractivity contribution is -0.122. The summed E-state index contributed by atoms with van der Waals surface area (Å²) in [5, 5.41) is 6.40. The number of rotatable bonds is 9. The van der Waals surface area contributed by atoms with Gasteiger partial charge in [0.1, 0.15) is 0 Å². The molecule has 1 amide bonds. The molecule has 0 bridgehead atoms. The van der Waals surface area contributed by atoms with E-state index >= 15 is 0 Å². The summed E-state index contributed by atoms with van der Waals surface area (Å²) in [5.41, 5.74) is 0.0382. The third-order valence-corrected chi connectivity index (χ3v) is 4.08. The first-order valence-corrected chi connectivity index (χ1v) is 8.11. The molecule has 4 heteroatoms. The number of hydrogen-bond donors (Lipinski definition) is 2. The van der Waals surface area contributed by atoms with Gasteiger partial charge in [0.05, 0.1) is 0 Å². The smallest absolute Gasteiger partial charge is 0.221 e. The van der Waals surface area contributed by atoms with Crippen molar-refractivity contribution in [2.24, 2.45) is 5.92 Å². The maximum Gasteiger partial charge on any atom is 0.221 e. The molecule has 0 radical (unpaired) electrons. The molecule has 4 nitrogen and oxygen atoms in total. The van der Waals surface area contributed by atoms with Gasteiger partial charge in [-0.3, -0.25) is 4.79 Å². The lowest BCUT2D eigenvalue weighted by Gasteiger charge is -2.36. The third kappa shape index (κ3) is 6.71. The van der Waals surface area contributed by atoms with Crippen LogP contribution in [0.4, 0.5) is 0 Å². The van der Waals surface area contributed by atoms with Gasteiger partial charge in [-0.1, -0.05) is 33.1 Å². The van der Waals surface area contributed by atoms with Crippen molar-refractivity contribution in [1.29, 1.82) is 0 Å². The molecule has 0 aromatic carbocycles. The molecule has 0 spiro atoms. The second-order valence-corrected chi connectivity index (χ2v) is 6.44. The Bertz CT molecular complexity index is 274. The van der Waals surface area contributed by atoms with E-state index in [2.05, 4.69) is 24.5 Å². The monoisotopic (exact) mass is 284 g/mol. The fourth-order valence-electron chi connectivity index (χ4n) is 2.83. The quantitative estimate of drug-likeness (QED) is 0.640. The van der Waals surface area contributed by atoms with Crippen LogP contribution in [-0.4, -0.2) is 38.3 Å². The molecule has 20 heavy (non-hydrogen) atoms. The highest BCUT2D eigenvalue weighted by molar-refractivity contribution is 5.77. The Labute approximate surface area is 124 Å². The summed E-state index contributed by atoms with van der Waals surface area (Å²) in [6.07, 6.45) is 7.51. The molecule has 1 rings (SSSR count). The molecular weight excluding hydrogens is 252 g/mol. The van der Waals surface area contributed by atoms with E-state index in [0.717, 1.165) is 39.0 Å². The maximum atomic E-state index is 12.0. The van der Waals surface area contributed by atoms with Gasteiger partial charge in [0.2, 0.25) is 5.91 Å².